The van der Waals surface area contributed by atoms with Gasteiger partial charge in [-0.25, -0.2) is 0 Å². The molecule has 0 aromatic carbocycles. The van der Waals surface area contributed by atoms with Gasteiger partial charge in [-0.2, -0.15) is 11.3 Å². The summed E-state index contributed by atoms with van der Waals surface area (Å²) in [5.41, 5.74) is 0.694. The summed E-state index contributed by atoms with van der Waals surface area (Å²) in [5.74, 6) is 0.695. The summed E-state index contributed by atoms with van der Waals surface area (Å²) in [6, 6.07) is 2.08. The molecule has 4 nitrogen and oxygen atoms in total. The second-order valence-corrected chi connectivity index (χ2v) is 7.04. The average Bonchev–Trinajstić information content (AvgIpc) is 3.05. The molecule has 2 heterocycles. The monoisotopic (exact) mass is 310 g/mol. The number of carbonyl (C=O) groups is 1. The Bertz CT molecular complexity index is 461. The Hall–Kier alpha value is -0.910. The fourth-order valence-corrected chi connectivity index (χ4v) is 3.21. The molecule has 2 atom stereocenters. The van der Waals surface area contributed by atoms with Crippen LogP contribution in [-0.2, 0) is 9.53 Å². The minimum atomic E-state index is -0.468. The molecule has 2 rings (SSSR count). The largest absolute Gasteiger partial charge is 0.379 e. The molecule has 1 N–H and O–H groups in total. The van der Waals surface area contributed by atoms with Crippen LogP contribution in [0.15, 0.2) is 16.8 Å². The highest BCUT2D eigenvalue weighted by molar-refractivity contribution is 7.07. The third-order valence-electron chi connectivity index (χ3n) is 3.99. The second-order valence-electron chi connectivity index (χ2n) is 6.26. The summed E-state index contributed by atoms with van der Waals surface area (Å²) in [6.07, 6.45) is 0.756. The Morgan fingerprint density at radius 2 is 2.29 bits per heavy atom. The first kappa shape index (κ1) is 16.5. The molecular weight excluding hydrogens is 284 g/mol. The maximum Gasteiger partial charge on any atom is 0.244 e. The van der Waals surface area contributed by atoms with E-state index in [0.717, 1.165) is 18.6 Å². The quantitative estimate of drug-likeness (QED) is 0.787. The van der Waals surface area contributed by atoms with Gasteiger partial charge in [0.15, 0.2) is 0 Å². The summed E-state index contributed by atoms with van der Waals surface area (Å²) in [4.78, 5) is 14.6. The van der Waals surface area contributed by atoms with Gasteiger partial charge in [0.25, 0.3) is 0 Å². The van der Waals surface area contributed by atoms with Crippen molar-refractivity contribution in [1.29, 1.82) is 0 Å². The molecule has 1 aromatic rings. The van der Waals surface area contributed by atoms with Gasteiger partial charge < -0.3 is 9.64 Å². The van der Waals surface area contributed by atoms with Crippen molar-refractivity contribution < 1.29 is 9.53 Å². The van der Waals surface area contributed by atoms with Gasteiger partial charge in [0.05, 0.1) is 12.1 Å². The molecule has 1 amide bonds. The zero-order valence-electron chi connectivity index (χ0n) is 13.4. The number of nitrogens with one attached hydrogen (secondary N) is 1. The van der Waals surface area contributed by atoms with Crippen LogP contribution in [-0.4, -0.2) is 36.1 Å². The average molecular weight is 310 g/mol. The topological polar surface area (TPSA) is 41.6 Å². The zero-order valence-corrected chi connectivity index (χ0v) is 14.2. The Morgan fingerprint density at radius 3 is 2.86 bits per heavy atom. The van der Waals surface area contributed by atoms with E-state index in [1.165, 1.54) is 0 Å². The number of hydrogen-bond donors (Lipinski definition) is 1. The molecule has 1 fully saturated rings. The molecule has 0 spiro atoms. The summed E-state index contributed by atoms with van der Waals surface area (Å²) in [7, 11) is 0. The summed E-state index contributed by atoms with van der Waals surface area (Å²) < 4.78 is 5.65. The fraction of sp³-hybridized carbons (Fsp3) is 0.688. The van der Waals surface area contributed by atoms with Crippen LogP contribution in [0.5, 0.6) is 0 Å². The Balaban J connectivity index is 2.05. The Kier molecular flexibility index (Phi) is 5.41. The van der Waals surface area contributed by atoms with E-state index in [4.69, 9.17) is 4.74 Å². The van der Waals surface area contributed by atoms with Crippen LogP contribution in [0.4, 0.5) is 0 Å². The third-order valence-corrected chi connectivity index (χ3v) is 4.70. The number of carbonyl (C=O) groups excluding carboxylic acids is 1. The van der Waals surface area contributed by atoms with Crippen LogP contribution in [0, 0.1) is 5.92 Å². The first-order valence-corrected chi connectivity index (χ1v) is 8.61. The number of rotatable bonds is 7. The number of ether oxygens (including phenoxy) is 1. The predicted octanol–water partition coefficient (Wildman–Crippen LogP) is 3.02. The minimum Gasteiger partial charge on any atom is -0.379 e. The predicted molar refractivity (Wildman–Crippen MR) is 86.3 cm³/mol. The normalized spacial score (nSPS) is 26.0. The van der Waals surface area contributed by atoms with Crippen LogP contribution >= 0.6 is 11.3 Å². The molecule has 1 saturated heterocycles. The van der Waals surface area contributed by atoms with Gasteiger partial charge in [-0.15, -0.1) is 0 Å². The van der Waals surface area contributed by atoms with Crippen LogP contribution in [0.25, 0.3) is 0 Å². The molecule has 118 valence electrons. The second kappa shape index (κ2) is 6.90. The number of thiophene rings is 1. The lowest BCUT2D eigenvalue weighted by atomic mass is 9.99. The molecular formula is C16H26N2O2S. The van der Waals surface area contributed by atoms with Gasteiger partial charge in [0.1, 0.15) is 6.17 Å². The van der Waals surface area contributed by atoms with E-state index in [1.807, 2.05) is 18.7 Å². The molecule has 21 heavy (non-hydrogen) atoms. The van der Waals surface area contributed by atoms with Crippen molar-refractivity contribution in [3.8, 4) is 0 Å². The van der Waals surface area contributed by atoms with Gasteiger partial charge in [-0.05, 0) is 41.7 Å². The summed E-state index contributed by atoms with van der Waals surface area (Å²) in [6.45, 7) is 10.3. The lowest BCUT2D eigenvalue weighted by Gasteiger charge is -2.23. The molecule has 1 aromatic heterocycles. The van der Waals surface area contributed by atoms with Crippen molar-refractivity contribution in [3.63, 3.8) is 0 Å². The van der Waals surface area contributed by atoms with Gasteiger partial charge in [0, 0.05) is 13.2 Å². The SMILES string of the molecule is CCC1(C)NC(c2ccsc2)N(CCOCC(C)C)C1=O. The molecule has 5 heteroatoms. The first-order valence-electron chi connectivity index (χ1n) is 7.66. The van der Waals surface area contributed by atoms with E-state index >= 15 is 0 Å². The summed E-state index contributed by atoms with van der Waals surface area (Å²) in [5, 5.41) is 7.65. The van der Waals surface area contributed by atoms with Crippen molar-refractivity contribution in [2.45, 2.75) is 45.8 Å². The maximum absolute atomic E-state index is 12.7. The third kappa shape index (κ3) is 3.65. The van der Waals surface area contributed by atoms with Gasteiger partial charge in [0.2, 0.25) is 5.91 Å². The van der Waals surface area contributed by atoms with E-state index < -0.39 is 5.54 Å². The van der Waals surface area contributed by atoms with Crippen molar-refractivity contribution in [3.05, 3.63) is 22.4 Å². The first-order chi connectivity index (χ1) is 9.98. The fourth-order valence-electron chi connectivity index (χ4n) is 2.54. The van der Waals surface area contributed by atoms with Crippen LogP contribution < -0.4 is 5.32 Å². The number of amides is 1. The van der Waals surface area contributed by atoms with Crippen molar-refractivity contribution in [2.75, 3.05) is 19.8 Å². The van der Waals surface area contributed by atoms with E-state index in [1.54, 1.807) is 11.3 Å². The smallest absolute Gasteiger partial charge is 0.244 e. The molecule has 2 unspecified atom stereocenters. The molecule has 0 aliphatic carbocycles. The molecule has 0 bridgehead atoms. The molecule has 1 aliphatic heterocycles. The van der Waals surface area contributed by atoms with Crippen molar-refractivity contribution in [1.82, 2.24) is 10.2 Å². The van der Waals surface area contributed by atoms with E-state index in [0.29, 0.717) is 19.1 Å². The minimum absolute atomic E-state index is 0.0312. The van der Waals surface area contributed by atoms with Crippen LogP contribution in [0.2, 0.25) is 0 Å². The number of hydrogen-bond acceptors (Lipinski definition) is 4. The van der Waals surface area contributed by atoms with E-state index in [9.17, 15) is 4.79 Å². The summed E-state index contributed by atoms with van der Waals surface area (Å²) >= 11 is 1.66. The zero-order chi connectivity index (χ0) is 15.5. The lowest BCUT2D eigenvalue weighted by Crippen LogP contribution is -2.43. The lowest BCUT2D eigenvalue weighted by molar-refractivity contribution is -0.133. The van der Waals surface area contributed by atoms with Crippen LogP contribution in [0.1, 0.15) is 45.8 Å². The maximum atomic E-state index is 12.7. The van der Waals surface area contributed by atoms with Gasteiger partial charge in [-0.3, -0.25) is 10.1 Å². The van der Waals surface area contributed by atoms with E-state index in [2.05, 4.69) is 36.0 Å². The standard InChI is InChI=1S/C16H26N2O2S/c1-5-16(4)15(19)18(7-8-20-10-12(2)3)14(17-16)13-6-9-21-11-13/h6,9,11-12,14,17H,5,7-8,10H2,1-4H3. The van der Waals surface area contributed by atoms with Crippen molar-refractivity contribution >= 4 is 17.2 Å². The Labute approximate surface area is 131 Å². The highest BCUT2D eigenvalue weighted by Gasteiger charge is 2.46. The Morgan fingerprint density at radius 1 is 1.52 bits per heavy atom. The van der Waals surface area contributed by atoms with Gasteiger partial charge >= 0.3 is 0 Å². The molecule has 1 aliphatic rings. The highest BCUT2D eigenvalue weighted by atomic mass is 32.1. The van der Waals surface area contributed by atoms with E-state index in [-0.39, 0.29) is 12.1 Å². The van der Waals surface area contributed by atoms with Crippen LogP contribution in [0.3, 0.4) is 0 Å². The molecule has 0 saturated carbocycles. The highest BCUT2D eigenvalue weighted by Crippen LogP contribution is 2.33. The van der Waals surface area contributed by atoms with Gasteiger partial charge in [-0.1, -0.05) is 20.8 Å². The number of nitrogens with zero attached hydrogens (tertiary/aromatic N) is 1. The van der Waals surface area contributed by atoms with Crippen molar-refractivity contribution in [2.24, 2.45) is 5.92 Å². The molecule has 0 radical (unpaired) electrons.